The van der Waals surface area contributed by atoms with Crippen LogP contribution in [0, 0.1) is 11.8 Å². The summed E-state index contributed by atoms with van der Waals surface area (Å²) in [4.78, 5) is 31.8. The minimum Gasteiger partial charge on any atom is -0.343 e. The van der Waals surface area contributed by atoms with Gasteiger partial charge in [-0.25, -0.2) is 0 Å². The summed E-state index contributed by atoms with van der Waals surface area (Å²) in [6, 6.07) is 16.4. The molecule has 0 radical (unpaired) electrons. The van der Waals surface area contributed by atoms with E-state index in [1.165, 1.54) is 11.1 Å². The molecule has 0 aliphatic carbocycles. The van der Waals surface area contributed by atoms with E-state index in [9.17, 15) is 9.59 Å². The zero-order chi connectivity index (χ0) is 26.5. The lowest BCUT2D eigenvalue weighted by Crippen LogP contribution is -2.56. The largest absolute Gasteiger partial charge is 0.343 e. The van der Waals surface area contributed by atoms with Gasteiger partial charge in [-0.1, -0.05) is 61.3 Å². The maximum Gasteiger partial charge on any atom is 0.223 e. The van der Waals surface area contributed by atoms with Crippen LogP contribution in [-0.4, -0.2) is 65.3 Å². The number of piperidine rings is 1. The summed E-state index contributed by atoms with van der Waals surface area (Å²) in [6.45, 7) is 9.97. The summed E-state index contributed by atoms with van der Waals surface area (Å²) in [7, 11) is 0. The number of halogens is 2. The van der Waals surface area contributed by atoms with E-state index in [1.54, 1.807) is 6.92 Å². The van der Waals surface area contributed by atoms with Gasteiger partial charge in [0.25, 0.3) is 0 Å². The lowest BCUT2D eigenvalue weighted by Gasteiger charge is -2.46. The van der Waals surface area contributed by atoms with Gasteiger partial charge in [-0.05, 0) is 66.5 Å². The summed E-state index contributed by atoms with van der Waals surface area (Å²) in [5.74, 6) is 1.25. The van der Waals surface area contributed by atoms with Crippen LogP contribution in [0.15, 0.2) is 48.5 Å². The molecule has 37 heavy (non-hydrogen) atoms. The van der Waals surface area contributed by atoms with Crippen LogP contribution in [0.2, 0.25) is 10.0 Å². The third-order valence-corrected chi connectivity index (χ3v) is 8.34. The Morgan fingerprint density at radius 3 is 1.89 bits per heavy atom. The highest BCUT2D eigenvalue weighted by atomic mass is 35.5. The van der Waals surface area contributed by atoms with Gasteiger partial charge in [-0.15, -0.1) is 0 Å². The highest BCUT2D eigenvalue weighted by Gasteiger charge is 2.36. The van der Waals surface area contributed by atoms with Crippen LogP contribution in [0.3, 0.4) is 0 Å². The number of rotatable bonds is 7. The van der Waals surface area contributed by atoms with Crippen molar-refractivity contribution in [3.63, 3.8) is 0 Å². The van der Waals surface area contributed by atoms with E-state index in [-0.39, 0.29) is 23.9 Å². The van der Waals surface area contributed by atoms with E-state index >= 15 is 0 Å². The van der Waals surface area contributed by atoms with E-state index in [1.807, 2.05) is 29.2 Å². The SMILES string of the molecule is CC(=O)N1CCC(CC(=O)N2CCN(C(c3ccc(Cl)cc3)c3ccc(Cl)cc3)C[C@@H]2CC(C)C)CC1. The zero-order valence-electron chi connectivity index (χ0n) is 22.2. The van der Waals surface area contributed by atoms with Gasteiger partial charge in [0.05, 0.1) is 6.04 Å². The van der Waals surface area contributed by atoms with Crippen LogP contribution in [0.25, 0.3) is 0 Å². The van der Waals surface area contributed by atoms with Crippen LogP contribution in [0.5, 0.6) is 0 Å². The topological polar surface area (TPSA) is 43.9 Å². The molecule has 1 atom stereocenters. The molecule has 0 spiro atoms. The first-order valence-corrected chi connectivity index (χ1v) is 14.3. The van der Waals surface area contributed by atoms with Crippen molar-refractivity contribution in [2.45, 2.75) is 58.5 Å². The quantitative estimate of drug-likeness (QED) is 0.412. The number of nitrogens with zero attached hydrogens (tertiary/aromatic N) is 3. The lowest BCUT2D eigenvalue weighted by molar-refractivity contribution is -0.138. The molecule has 2 saturated heterocycles. The minimum absolute atomic E-state index is 0.0670. The van der Waals surface area contributed by atoms with Crippen LogP contribution in [-0.2, 0) is 9.59 Å². The molecule has 2 aromatic rings. The molecule has 0 saturated carbocycles. The van der Waals surface area contributed by atoms with E-state index in [0.717, 1.165) is 62.0 Å². The second kappa shape index (κ2) is 12.6. The summed E-state index contributed by atoms with van der Waals surface area (Å²) >= 11 is 12.4. The van der Waals surface area contributed by atoms with Crippen molar-refractivity contribution in [3.8, 4) is 0 Å². The van der Waals surface area contributed by atoms with Crippen molar-refractivity contribution < 1.29 is 9.59 Å². The van der Waals surface area contributed by atoms with Crippen molar-refractivity contribution in [2.24, 2.45) is 11.8 Å². The summed E-state index contributed by atoms with van der Waals surface area (Å²) in [6.07, 6.45) is 3.38. The predicted molar refractivity (Wildman–Crippen MR) is 151 cm³/mol. The molecule has 2 aromatic carbocycles. The molecule has 2 aliphatic heterocycles. The summed E-state index contributed by atoms with van der Waals surface area (Å²) < 4.78 is 0. The van der Waals surface area contributed by atoms with Gasteiger partial charge < -0.3 is 9.80 Å². The Balaban J connectivity index is 1.51. The molecule has 7 heteroatoms. The van der Waals surface area contributed by atoms with Crippen molar-refractivity contribution in [3.05, 3.63) is 69.7 Å². The van der Waals surface area contributed by atoms with E-state index in [0.29, 0.717) is 18.3 Å². The molecule has 0 N–H and O–H groups in total. The third-order valence-electron chi connectivity index (χ3n) is 7.84. The Morgan fingerprint density at radius 2 is 1.41 bits per heavy atom. The Bertz CT molecular complexity index is 1000. The molecular weight excluding hydrogens is 505 g/mol. The van der Waals surface area contributed by atoms with Crippen LogP contribution >= 0.6 is 23.2 Å². The molecule has 5 nitrogen and oxygen atoms in total. The average Bonchev–Trinajstić information content (AvgIpc) is 2.86. The number of hydrogen-bond donors (Lipinski definition) is 0. The van der Waals surface area contributed by atoms with Gasteiger partial charge in [-0.2, -0.15) is 0 Å². The Hall–Kier alpha value is -2.08. The van der Waals surface area contributed by atoms with Gasteiger partial charge in [0.15, 0.2) is 0 Å². The number of benzene rings is 2. The van der Waals surface area contributed by atoms with E-state index < -0.39 is 0 Å². The number of amides is 2. The number of likely N-dealkylation sites (tertiary alicyclic amines) is 1. The Morgan fingerprint density at radius 1 is 0.865 bits per heavy atom. The first-order chi connectivity index (χ1) is 17.7. The molecular formula is C30H39Cl2N3O2. The lowest BCUT2D eigenvalue weighted by atomic mass is 9.91. The number of carbonyl (C=O) groups is 2. The molecule has 2 fully saturated rings. The smallest absolute Gasteiger partial charge is 0.223 e. The fraction of sp³-hybridized carbons (Fsp3) is 0.533. The Kier molecular flexibility index (Phi) is 9.55. The Labute approximate surface area is 231 Å². The van der Waals surface area contributed by atoms with Crippen LogP contribution in [0.4, 0.5) is 0 Å². The molecule has 2 amide bonds. The summed E-state index contributed by atoms with van der Waals surface area (Å²) in [5, 5.41) is 1.45. The molecule has 2 heterocycles. The van der Waals surface area contributed by atoms with Gasteiger partial charge in [0.2, 0.25) is 11.8 Å². The monoisotopic (exact) mass is 543 g/mol. The fourth-order valence-corrected chi connectivity index (χ4v) is 6.16. The highest BCUT2D eigenvalue weighted by Crippen LogP contribution is 2.34. The maximum atomic E-state index is 13.6. The predicted octanol–water partition coefficient (Wildman–Crippen LogP) is 6.29. The molecule has 0 unspecified atom stereocenters. The van der Waals surface area contributed by atoms with Gasteiger partial charge >= 0.3 is 0 Å². The van der Waals surface area contributed by atoms with Crippen LogP contribution in [0.1, 0.15) is 63.6 Å². The third kappa shape index (κ3) is 7.28. The molecule has 2 aliphatic rings. The summed E-state index contributed by atoms with van der Waals surface area (Å²) in [5.41, 5.74) is 2.37. The first-order valence-electron chi connectivity index (χ1n) is 13.5. The van der Waals surface area contributed by atoms with Gasteiger partial charge in [0, 0.05) is 62.2 Å². The maximum absolute atomic E-state index is 13.6. The van der Waals surface area contributed by atoms with E-state index in [4.69, 9.17) is 23.2 Å². The average molecular weight is 545 g/mol. The van der Waals surface area contributed by atoms with Gasteiger partial charge in [-0.3, -0.25) is 14.5 Å². The normalized spacial score (nSPS) is 19.6. The molecule has 0 bridgehead atoms. The van der Waals surface area contributed by atoms with E-state index in [2.05, 4.69) is 47.9 Å². The number of carbonyl (C=O) groups excluding carboxylic acids is 2. The molecule has 200 valence electrons. The van der Waals surface area contributed by atoms with Crippen molar-refractivity contribution in [1.29, 1.82) is 0 Å². The number of piperazine rings is 1. The molecule has 0 aromatic heterocycles. The standard InChI is InChI=1S/C30H39Cl2N3O2/c1-21(2)18-28-20-34(16-17-35(28)29(37)19-23-12-14-33(15-13-23)22(3)36)30(24-4-8-26(31)9-5-24)25-6-10-27(32)11-7-25/h4-11,21,23,28,30H,12-20H2,1-3H3/t28-/m0/s1. The van der Waals surface area contributed by atoms with Crippen molar-refractivity contribution >= 4 is 35.0 Å². The van der Waals surface area contributed by atoms with Crippen molar-refractivity contribution in [2.75, 3.05) is 32.7 Å². The second-order valence-corrected chi connectivity index (χ2v) is 11.9. The first kappa shape index (κ1) is 27.9. The van der Waals surface area contributed by atoms with Gasteiger partial charge in [0.1, 0.15) is 0 Å². The van der Waals surface area contributed by atoms with Crippen LogP contribution < -0.4 is 0 Å². The second-order valence-electron chi connectivity index (χ2n) is 11.0. The highest BCUT2D eigenvalue weighted by molar-refractivity contribution is 6.30. The van der Waals surface area contributed by atoms with Crippen molar-refractivity contribution in [1.82, 2.24) is 14.7 Å². The molecule has 4 rings (SSSR count). The zero-order valence-corrected chi connectivity index (χ0v) is 23.7. The number of hydrogen-bond acceptors (Lipinski definition) is 3. The fourth-order valence-electron chi connectivity index (χ4n) is 5.91. The minimum atomic E-state index is 0.0670.